The zero-order chi connectivity index (χ0) is 19.6. The molecule has 0 bridgehead atoms. The standard InChI is InChI=1S/C22H18F3O2/c1-14-12-15(8-10-17(14)18-6-4-5-7-21(18)27-3)19-13-16(26-2)9-11-20(19)22(23,24)25/h4-8,10-13H,1-3H3. The lowest BCUT2D eigenvalue weighted by Crippen LogP contribution is -2.07. The van der Waals surface area contributed by atoms with Gasteiger partial charge in [0.05, 0.1) is 19.8 Å². The van der Waals surface area contributed by atoms with Gasteiger partial charge in [0, 0.05) is 11.6 Å². The van der Waals surface area contributed by atoms with E-state index < -0.39 is 11.7 Å². The fourth-order valence-electron chi connectivity index (χ4n) is 3.06. The Labute approximate surface area is 156 Å². The molecule has 0 aromatic heterocycles. The Kier molecular flexibility index (Phi) is 5.13. The van der Waals surface area contributed by atoms with E-state index in [9.17, 15) is 13.2 Å². The lowest BCUT2D eigenvalue weighted by Gasteiger charge is -2.16. The second kappa shape index (κ2) is 7.35. The van der Waals surface area contributed by atoms with E-state index in [1.807, 2.05) is 37.3 Å². The van der Waals surface area contributed by atoms with Crippen molar-refractivity contribution in [1.82, 2.24) is 0 Å². The molecule has 0 aliphatic heterocycles. The fourth-order valence-corrected chi connectivity index (χ4v) is 3.06. The molecule has 0 atom stereocenters. The zero-order valence-corrected chi connectivity index (χ0v) is 15.1. The molecule has 3 aromatic carbocycles. The van der Waals surface area contributed by atoms with Crippen molar-refractivity contribution in [3.05, 3.63) is 71.8 Å². The van der Waals surface area contributed by atoms with Gasteiger partial charge in [-0.25, -0.2) is 0 Å². The first-order valence-corrected chi connectivity index (χ1v) is 8.26. The Bertz CT molecular complexity index is 962. The Morgan fingerprint density at radius 3 is 2.22 bits per heavy atom. The number of hydrogen-bond donors (Lipinski definition) is 0. The monoisotopic (exact) mass is 371 g/mol. The molecular weight excluding hydrogens is 353 g/mol. The topological polar surface area (TPSA) is 18.5 Å². The third-order valence-corrected chi connectivity index (χ3v) is 4.38. The highest BCUT2D eigenvalue weighted by atomic mass is 19.4. The first-order chi connectivity index (χ1) is 12.8. The SMILES string of the molecule is COc1[c]cc(C(F)(F)F)c(-c2ccc(-c3ccccc3OC)c(C)c2)c1. The molecule has 0 heterocycles. The first-order valence-electron chi connectivity index (χ1n) is 8.26. The van der Waals surface area contributed by atoms with Crippen molar-refractivity contribution in [3.63, 3.8) is 0 Å². The summed E-state index contributed by atoms with van der Waals surface area (Å²) >= 11 is 0. The zero-order valence-electron chi connectivity index (χ0n) is 15.1. The van der Waals surface area contributed by atoms with Crippen LogP contribution < -0.4 is 9.47 Å². The highest BCUT2D eigenvalue weighted by Gasteiger charge is 2.34. The molecular formula is C22H18F3O2. The van der Waals surface area contributed by atoms with Crippen LogP contribution in [0.25, 0.3) is 22.3 Å². The molecule has 5 heteroatoms. The van der Waals surface area contributed by atoms with Crippen LogP contribution in [0, 0.1) is 13.0 Å². The third kappa shape index (κ3) is 3.77. The number of aryl methyl sites for hydroxylation is 1. The number of hydrogen-bond acceptors (Lipinski definition) is 2. The van der Waals surface area contributed by atoms with Crippen molar-refractivity contribution in [1.29, 1.82) is 0 Å². The molecule has 0 N–H and O–H groups in total. The number of methoxy groups -OCH3 is 2. The van der Waals surface area contributed by atoms with Crippen molar-refractivity contribution in [2.45, 2.75) is 13.1 Å². The largest absolute Gasteiger partial charge is 0.496 e. The van der Waals surface area contributed by atoms with E-state index in [1.54, 1.807) is 19.2 Å². The summed E-state index contributed by atoms with van der Waals surface area (Å²) in [6, 6.07) is 17.6. The van der Waals surface area contributed by atoms with Gasteiger partial charge in [-0.15, -0.1) is 0 Å². The van der Waals surface area contributed by atoms with Crippen molar-refractivity contribution in [2.75, 3.05) is 14.2 Å². The van der Waals surface area contributed by atoms with E-state index >= 15 is 0 Å². The summed E-state index contributed by atoms with van der Waals surface area (Å²) < 4.78 is 50.8. The maximum Gasteiger partial charge on any atom is 0.417 e. The molecule has 3 rings (SSSR count). The van der Waals surface area contributed by atoms with Gasteiger partial charge in [-0.2, -0.15) is 13.2 Å². The molecule has 2 nitrogen and oxygen atoms in total. The minimum Gasteiger partial charge on any atom is -0.496 e. The van der Waals surface area contributed by atoms with Crippen LogP contribution in [0.3, 0.4) is 0 Å². The van der Waals surface area contributed by atoms with Gasteiger partial charge >= 0.3 is 6.18 Å². The summed E-state index contributed by atoms with van der Waals surface area (Å²) in [6.45, 7) is 1.87. The summed E-state index contributed by atoms with van der Waals surface area (Å²) in [5.74, 6) is 0.963. The van der Waals surface area contributed by atoms with E-state index in [2.05, 4.69) is 6.07 Å². The molecule has 0 aliphatic rings. The van der Waals surface area contributed by atoms with Crippen LogP contribution in [0.5, 0.6) is 11.5 Å². The van der Waals surface area contributed by atoms with Crippen LogP contribution in [0.1, 0.15) is 11.1 Å². The maximum atomic E-state index is 13.4. The van der Waals surface area contributed by atoms with Crippen molar-refractivity contribution in [3.8, 4) is 33.8 Å². The second-order valence-corrected chi connectivity index (χ2v) is 6.06. The molecule has 27 heavy (non-hydrogen) atoms. The lowest BCUT2D eigenvalue weighted by molar-refractivity contribution is -0.137. The molecule has 3 aromatic rings. The van der Waals surface area contributed by atoms with Gasteiger partial charge in [-0.3, -0.25) is 0 Å². The molecule has 1 radical (unpaired) electrons. The minimum absolute atomic E-state index is 0.0628. The first kappa shape index (κ1) is 18.8. The summed E-state index contributed by atoms with van der Waals surface area (Å²) in [4.78, 5) is 0. The van der Waals surface area contributed by atoms with E-state index in [1.165, 1.54) is 13.2 Å². The van der Waals surface area contributed by atoms with Crippen LogP contribution in [0.4, 0.5) is 13.2 Å². The number of rotatable bonds is 4. The third-order valence-electron chi connectivity index (χ3n) is 4.38. The molecule has 0 amide bonds. The summed E-state index contributed by atoms with van der Waals surface area (Å²) in [7, 11) is 2.99. The number of benzene rings is 3. The molecule has 0 spiro atoms. The number of para-hydroxylation sites is 1. The van der Waals surface area contributed by atoms with Gasteiger partial charge in [0.2, 0.25) is 0 Å². The van der Waals surface area contributed by atoms with Crippen molar-refractivity contribution in [2.24, 2.45) is 0 Å². The molecule has 139 valence electrons. The van der Waals surface area contributed by atoms with Crippen molar-refractivity contribution < 1.29 is 22.6 Å². The summed E-state index contributed by atoms with van der Waals surface area (Å²) in [5.41, 5.74) is 2.42. The number of ether oxygens (including phenoxy) is 2. The molecule has 0 saturated carbocycles. The summed E-state index contributed by atoms with van der Waals surface area (Å²) in [5, 5.41) is 0. The molecule has 0 unspecified atom stereocenters. The quantitative estimate of drug-likeness (QED) is 0.546. The molecule has 0 fully saturated rings. The Hall–Kier alpha value is -2.95. The Balaban J connectivity index is 2.14. The molecule has 0 saturated heterocycles. The average molecular weight is 371 g/mol. The normalized spacial score (nSPS) is 11.3. The maximum absolute atomic E-state index is 13.4. The van der Waals surface area contributed by atoms with Gasteiger partial charge in [-0.1, -0.05) is 36.4 Å². The smallest absolute Gasteiger partial charge is 0.417 e. The van der Waals surface area contributed by atoms with Gasteiger partial charge in [0.25, 0.3) is 0 Å². The van der Waals surface area contributed by atoms with Crippen LogP contribution in [-0.4, -0.2) is 14.2 Å². The Morgan fingerprint density at radius 2 is 1.59 bits per heavy atom. The molecule has 0 aliphatic carbocycles. The van der Waals surface area contributed by atoms with Gasteiger partial charge in [0.1, 0.15) is 11.5 Å². The van der Waals surface area contributed by atoms with E-state index in [0.717, 1.165) is 22.8 Å². The number of halogens is 3. The van der Waals surface area contributed by atoms with E-state index in [4.69, 9.17) is 9.47 Å². The Morgan fingerprint density at radius 1 is 0.852 bits per heavy atom. The van der Waals surface area contributed by atoms with Crippen LogP contribution in [0.15, 0.2) is 54.6 Å². The predicted octanol–water partition coefficient (Wildman–Crippen LogP) is 6.17. The fraction of sp³-hybridized carbons (Fsp3) is 0.182. The summed E-state index contributed by atoms with van der Waals surface area (Å²) in [6.07, 6.45) is -4.48. The van der Waals surface area contributed by atoms with Crippen LogP contribution in [0.2, 0.25) is 0 Å². The van der Waals surface area contributed by atoms with Gasteiger partial charge in [-0.05, 0) is 47.4 Å². The highest BCUT2D eigenvalue weighted by Crippen LogP contribution is 2.40. The highest BCUT2D eigenvalue weighted by molar-refractivity contribution is 5.78. The van der Waals surface area contributed by atoms with Crippen LogP contribution in [-0.2, 0) is 6.18 Å². The minimum atomic E-state index is -4.48. The second-order valence-electron chi connectivity index (χ2n) is 6.06. The van der Waals surface area contributed by atoms with Gasteiger partial charge in [0.15, 0.2) is 0 Å². The van der Waals surface area contributed by atoms with E-state index in [-0.39, 0.29) is 11.3 Å². The lowest BCUT2D eigenvalue weighted by atomic mass is 9.93. The average Bonchev–Trinajstić information content (AvgIpc) is 2.66. The van der Waals surface area contributed by atoms with Crippen LogP contribution >= 0.6 is 0 Å². The van der Waals surface area contributed by atoms with Crippen molar-refractivity contribution >= 4 is 0 Å². The number of alkyl halides is 3. The van der Waals surface area contributed by atoms with E-state index in [0.29, 0.717) is 11.3 Å². The predicted molar refractivity (Wildman–Crippen MR) is 99.0 cm³/mol. The van der Waals surface area contributed by atoms with Gasteiger partial charge < -0.3 is 9.47 Å².